The fourth-order valence-corrected chi connectivity index (χ4v) is 4.68. The summed E-state index contributed by atoms with van der Waals surface area (Å²) < 4.78 is 36.1. The van der Waals surface area contributed by atoms with Gasteiger partial charge in [-0.3, -0.25) is 14.4 Å². The molecule has 0 saturated carbocycles. The number of anilines is 1. The first-order chi connectivity index (χ1) is 21.1. The lowest BCUT2D eigenvalue weighted by Crippen LogP contribution is -2.26. The molecule has 1 unspecified atom stereocenters. The Kier molecular flexibility index (Phi) is 12.9. The second kappa shape index (κ2) is 16.6. The van der Waals surface area contributed by atoms with Crippen LogP contribution in [0.15, 0.2) is 76.1 Å². The maximum Gasteiger partial charge on any atom is 0.256 e. The molecule has 2 aromatic heterocycles. The molecule has 1 atom stereocenters. The monoisotopic (exact) mass is 607 g/mol. The number of rotatable bonds is 16. The van der Waals surface area contributed by atoms with Crippen LogP contribution in [0.1, 0.15) is 45.7 Å². The Morgan fingerprint density at radius 2 is 1.89 bits per heavy atom. The third-order valence-electron chi connectivity index (χ3n) is 7.05. The number of hydrogen-bond donors (Lipinski definition) is 2. The molecule has 0 aliphatic rings. The zero-order valence-electron chi connectivity index (χ0n) is 26.2. The highest BCUT2D eigenvalue weighted by molar-refractivity contribution is 5.99. The number of allylic oxidation sites excluding steroid dienone is 3. The van der Waals surface area contributed by atoms with Crippen molar-refractivity contribution in [1.82, 2.24) is 19.4 Å². The quantitative estimate of drug-likeness (QED) is 0.0975. The van der Waals surface area contributed by atoms with Crippen LogP contribution < -0.4 is 16.6 Å². The normalized spacial score (nSPS) is 13.3. The Balaban J connectivity index is 2.21. The Hall–Kier alpha value is -4.22. The summed E-state index contributed by atoms with van der Waals surface area (Å²) >= 11 is 0. The highest BCUT2D eigenvalue weighted by Crippen LogP contribution is 2.28. The number of hydrogen-bond acceptors (Lipinski definition) is 7. The average molecular weight is 608 g/mol. The average Bonchev–Trinajstić information content (AvgIpc) is 2.99. The molecule has 1 aromatic carbocycles. The minimum absolute atomic E-state index is 0.0822. The predicted molar refractivity (Wildman–Crippen MR) is 175 cm³/mol. The van der Waals surface area contributed by atoms with Gasteiger partial charge in [0.2, 0.25) is 5.95 Å². The summed E-state index contributed by atoms with van der Waals surface area (Å²) in [5.41, 5.74) is 7.33. The van der Waals surface area contributed by atoms with Gasteiger partial charge in [0, 0.05) is 36.6 Å². The van der Waals surface area contributed by atoms with E-state index in [0.717, 1.165) is 48.3 Å². The number of aliphatic imine (C=N–C) groups is 1. The van der Waals surface area contributed by atoms with Crippen LogP contribution in [0.5, 0.6) is 0 Å². The van der Waals surface area contributed by atoms with Gasteiger partial charge in [-0.25, -0.2) is 13.8 Å². The maximum atomic E-state index is 15.0. The largest absolute Gasteiger partial charge is 0.384 e. The topological polar surface area (TPSA) is 111 Å². The molecule has 11 heteroatoms. The zero-order valence-corrected chi connectivity index (χ0v) is 26.2. The van der Waals surface area contributed by atoms with E-state index in [1.807, 2.05) is 32.1 Å². The van der Waals surface area contributed by atoms with E-state index in [0.29, 0.717) is 42.2 Å². The van der Waals surface area contributed by atoms with Crippen molar-refractivity contribution < 1.29 is 13.5 Å². The Morgan fingerprint density at radius 3 is 2.52 bits per heavy atom. The van der Waals surface area contributed by atoms with Gasteiger partial charge in [0.05, 0.1) is 18.8 Å². The number of nitrogens with two attached hydrogens (primary N) is 1. The van der Waals surface area contributed by atoms with Crippen molar-refractivity contribution in [1.29, 1.82) is 0 Å². The Bertz CT molecular complexity index is 1570. The van der Waals surface area contributed by atoms with Gasteiger partial charge in [-0.15, -0.1) is 0 Å². The molecule has 236 valence electrons. The third kappa shape index (κ3) is 8.90. The van der Waals surface area contributed by atoms with Crippen LogP contribution in [0.3, 0.4) is 0 Å². The predicted octanol–water partition coefficient (Wildman–Crippen LogP) is 5.37. The lowest BCUT2D eigenvalue weighted by molar-refractivity contribution is 0.208. The molecule has 0 saturated heterocycles. The van der Waals surface area contributed by atoms with E-state index < -0.39 is 22.9 Å². The van der Waals surface area contributed by atoms with Gasteiger partial charge in [-0.2, -0.15) is 4.98 Å². The van der Waals surface area contributed by atoms with Crippen LogP contribution in [0.2, 0.25) is 0 Å². The number of para-hydroxylation sites is 1. The fraction of sp³-hybridized carbons (Fsp3) is 0.394. The number of aromatic nitrogens is 3. The minimum atomic E-state index is -0.881. The molecule has 9 nitrogen and oxygen atoms in total. The Labute approximate surface area is 257 Å². The number of fused-ring (bicyclic) bond motifs is 1. The molecule has 0 radical (unpaired) electrons. The second-order valence-corrected chi connectivity index (χ2v) is 10.4. The molecule has 0 amide bonds. The first-order valence-corrected chi connectivity index (χ1v) is 14.8. The van der Waals surface area contributed by atoms with Gasteiger partial charge in [0.25, 0.3) is 5.56 Å². The molecular weight excluding hydrogens is 564 g/mol. The lowest BCUT2D eigenvalue weighted by atomic mass is 9.99. The summed E-state index contributed by atoms with van der Waals surface area (Å²) in [6, 6.07) is 6.30. The van der Waals surface area contributed by atoms with Gasteiger partial charge < -0.3 is 20.7 Å². The van der Waals surface area contributed by atoms with Crippen LogP contribution in [-0.2, 0) is 4.74 Å². The minimum Gasteiger partial charge on any atom is -0.384 e. The maximum absolute atomic E-state index is 15.0. The molecule has 3 aromatic rings. The summed E-state index contributed by atoms with van der Waals surface area (Å²) in [7, 11) is 1.59. The van der Waals surface area contributed by atoms with Crippen molar-refractivity contribution in [2.45, 2.75) is 40.0 Å². The summed E-state index contributed by atoms with van der Waals surface area (Å²) in [4.78, 5) is 29.3. The van der Waals surface area contributed by atoms with E-state index in [4.69, 9.17) is 15.5 Å². The molecule has 3 N–H and O–H groups in total. The van der Waals surface area contributed by atoms with E-state index in [1.165, 1.54) is 12.1 Å². The van der Waals surface area contributed by atoms with Crippen molar-refractivity contribution in [3.63, 3.8) is 0 Å². The number of benzene rings is 1. The van der Waals surface area contributed by atoms with E-state index in [-0.39, 0.29) is 17.5 Å². The van der Waals surface area contributed by atoms with Gasteiger partial charge in [-0.1, -0.05) is 57.2 Å². The fourth-order valence-electron chi connectivity index (χ4n) is 4.68. The molecule has 0 aliphatic heterocycles. The number of ether oxygens (including phenoxy) is 1. The highest BCUT2D eigenvalue weighted by atomic mass is 19.1. The van der Waals surface area contributed by atoms with Gasteiger partial charge in [0.15, 0.2) is 5.65 Å². The van der Waals surface area contributed by atoms with E-state index in [9.17, 15) is 4.79 Å². The van der Waals surface area contributed by atoms with Crippen LogP contribution in [0, 0.1) is 11.6 Å². The summed E-state index contributed by atoms with van der Waals surface area (Å²) in [6.07, 6.45) is 6.37. The van der Waals surface area contributed by atoms with Crippen molar-refractivity contribution in [2.24, 2.45) is 10.7 Å². The summed E-state index contributed by atoms with van der Waals surface area (Å²) in [5, 5.41) is 3.71. The molecule has 2 heterocycles. The lowest BCUT2D eigenvalue weighted by Gasteiger charge is -2.19. The highest BCUT2D eigenvalue weighted by Gasteiger charge is 2.21. The van der Waals surface area contributed by atoms with Gasteiger partial charge >= 0.3 is 0 Å². The third-order valence-corrected chi connectivity index (χ3v) is 7.05. The first-order valence-electron chi connectivity index (χ1n) is 14.8. The Morgan fingerprint density at radius 1 is 1.18 bits per heavy atom. The molecule has 3 rings (SSSR count). The SMILES string of the molecule is C=C(C)/C=C\C(=C/C(C)c1nc(NCCCN(CC)CC)nc2c1ccc(=O)n2-c1c(F)cccc1F)C(N)=NCCOC. The van der Waals surface area contributed by atoms with E-state index >= 15 is 8.78 Å². The zero-order chi connectivity index (χ0) is 32.2. The van der Waals surface area contributed by atoms with E-state index in [2.05, 4.69) is 40.6 Å². The molecule has 44 heavy (non-hydrogen) atoms. The van der Waals surface area contributed by atoms with Crippen LogP contribution in [0.25, 0.3) is 16.7 Å². The first kappa shape index (κ1) is 34.3. The van der Waals surface area contributed by atoms with Crippen molar-refractivity contribution in [3.05, 3.63) is 94.0 Å². The molecule has 0 fully saturated rings. The number of pyridine rings is 1. The standard InChI is InChI=1S/C33H43F2N7O2/c1-7-41(8-2)19-10-17-38-33-39-29(23(5)21-24(14-13-22(3)4)31(36)37-18-20-44-6)25-15-16-28(43)42(32(25)40-33)30-26(34)11-9-12-27(30)35/h9,11-16,21,23H,3,7-8,10,17-20H2,1-2,4-6H3,(H2,36,37)(H,38,39,40)/b14-13-,24-21+. The second-order valence-electron chi connectivity index (χ2n) is 10.4. The van der Waals surface area contributed by atoms with Crippen LogP contribution in [-0.4, -0.2) is 71.7 Å². The number of amidine groups is 1. The molecule has 0 aliphatic carbocycles. The van der Waals surface area contributed by atoms with Gasteiger partial charge in [-0.05, 0) is 51.2 Å². The van der Waals surface area contributed by atoms with Crippen LogP contribution >= 0.6 is 0 Å². The summed E-state index contributed by atoms with van der Waals surface area (Å²) in [5.74, 6) is -1.59. The molecule has 0 spiro atoms. The number of halogens is 2. The summed E-state index contributed by atoms with van der Waals surface area (Å²) in [6.45, 7) is 16.1. The van der Waals surface area contributed by atoms with Crippen molar-refractivity contribution >= 4 is 22.8 Å². The van der Waals surface area contributed by atoms with Crippen LogP contribution in [0.4, 0.5) is 14.7 Å². The van der Waals surface area contributed by atoms with Crippen molar-refractivity contribution in [2.75, 3.05) is 51.8 Å². The van der Waals surface area contributed by atoms with E-state index in [1.54, 1.807) is 13.2 Å². The number of nitrogens with one attached hydrogen (secondary N) is 1. The van der Waals surface area contributed by atoms with Crippen molar-refractivity contribution in [3.8, 4) is 5.69 Å². The molecular formula is C33H43F2N7O2. The number of methoxy groups -OCH3 is 1. The molecule has 0 bridgehead atoms. The van der Waals surface area contributed by atoms with Gasteiger partial charge in [0.1, 0.15) is 23.2 Å². The number of nitrogens with zero attached hydrogens (tertiary/aromatic N) is 5. The smallest absolute Gasteiger partial charge is 0.256 e.